The van der Waals surface area contributed by atoms with E-state index in [4.69, 9.17) is 4.74 Å². The number of hydrogen-bond acceptors (Lipinski definition) is 5. The van der Waals surface area contributed by atoms with Crippen LogP contribution in [0, 0.1) is 6.92 Å². The maximum atomic E-state index is 5.55. The minimum atomic E-state index is 0.668. The van der Waals surface area contributed by atoms with Crippen molar-refractivity contribution in [1.82, 2.24) is 9.97 Å². The van der Waals surface area contributed by atoms with E-state index in [1.807, 2.05) is 24.8 Å². The molecule has 1 rings (SSSR count). The zero-order valence-electron chi connectivity index (χ0n) is 12.9. The highest BCUT2D eigenvalue weighted by atomic mass is 32.2. The fraction of sp³-hybridized carbons (Fsp3) is 0.733. The average Bonchev–Trinajstić information content (AvgIpc) is 2.43. The Hall–Kier alpha value is -0.970. The first-order valence-corrected chi connectivity index (χ1v) is 8.87. The Balaban J connectivity index is 2.26. The number of nitrogens with one attached hydrogen (secondary N) is 1. The average molecular weight is 297 g/mol. The third-order valence-corrected chi connectivity index (χ3v) is 3.54. The molecule has 0 saturated carbocycles. The Labute approximate surface area is 127 Å². The highest BCUT2D eigenvalue weighted by Crippen LogP contribution is 2.12. The Bertz CT molecular complexity index is 374. The first-order chi connectivity index (χ1) is 9.76. The number of unbranched alkanes of at least 4 members (excludes halogenated alkanes) is 3. The summed E-state index contributed by atoms with van der Waals surface area (Å²) in [4.78, 5) is 8.75. The quantitative estimate of drug-likeness (QED) is 0.627. The third-order valence-electron chi connectivity index (χ3n) is 2.84. The Morgan fingerprint density at radius 1 is 1.20 bits per heavy atom. The number of aromatic nitrogens is 2. The lowest BCUT2D eigenvalue weighted by molar-refractivity contribution is 0.305. The standard InChI is InChI=1S/C15H27N3OS/c1-4-10-19-14-12-13(2)17-15(18-14)16-9-7-5-6-8-11-20-3/h12H,4-11H2,1-3H3,(H,16,17,18). The van der Waals surface area contributed by atoms with Gasteiger partial charge in [0.2, 0.25) is 11.8 Å². The maximum absolute atomic E-state index is 5.55. The molecule has 0 saturated heterocycles. The molecule has 0 bridgehead atoms. The predicted molar refractivity (Wildman–Crippen MR) is 87.9 cm³/mol. The van der Waals surface area contributed by atoms with Crippen molar-refractivity contribution in [2.45, 2.75) is 46.0 Å². The van der Waals surface area contributed by atoms with Crippen molar-refractivity contribution < 1.29 is 4.74 Å². The Morgan fingerprint density at radius 2 is 2.00 bits per heavy atom. The van der Waals surface area contributed by atoms with E-state index in [-0.39, 0.29) is 0 Å². The van der Waals surface area contributed by atoms with Gasteiger partial charge in [0.25, 0.3) is 0 Å². The van der Waals surface area contributed by atoms with Crippen LogP contribution in [0.1, 0.15) is 44.7 Å². The molecule has 0 amide bonds. The minimum Gasteiger partial charge on any atom is -0.478 e. The fourth-order valence-electron chi connectivity index (χ4n) is 1.82. The largest absolute Gasteiger partial charge is 0.478 e. The van der Waals surface area contributed by atoms with Gasteiger partial charge >= 0.3 is 0 Å². The van der Waals surface area contributed by atoms with Gasteiger partial charge in [0, 0.05) is 18.3 Å². The van der Waals surface area contributed by atoms with Crippen LogP contribution in [0.5, 0.6) is 5.88 Å². The van der Waals surface area contributed by atoms with Gasteiger partial charge in [-0.3, -0.25) is 0 Å². The summed E-state index contributed by atoms with van der Waals surface area (Å²) in [5.74, 6) is 2.62. The Morgan fingerprint density at radius 3 is 2.75 bits per heavy atom. The van der Waals surface area contributed by atoms with E-state index >= 15 is 0 Å². The van der Waals surface area contributed by atoms with E-state index in [0.29, 0.717) is 18.4 Å². The number of nitrogens with zero attached hydrogens (tertiary/aromatic N) is 2. The van der Waals surface area contributed by atoms with Crippen LogP contribution < -0.4 is 10.1 Å². The predicted octanol–water partition coefficient (Wildman–Crippen LogP) is 3.91. The molecule has 0 aliphatic heterocycles. The molecule has 0 radical (unpaired) electrons. The topological polar surface area (TPSA) is 47.0 Å². The number of anilines is 1. The fourth-order valence-corrected chi connectivity index (χ4v) is 2.32. The molecule has 0 aliphatic rings. The number of hydrogen-bond donors (Lipinski definition) is 1. The number of thioether (sulfide) groups is 1. The zero-order valence-corrected chi connectivity index (χ0v) is 13.8. The first-order valence-electron chi connectivity index (χ1n) is 7.47. The van der Waals surface area contributed by atoms with Crippen LogP contribution in [0.25, 0.3) is 0 Å². The van der Waals surface area contributed by atoms with Crippen molar-refractivity contribution in [1.29, 1.82) is 0 Å². The van der Waals surface area contributed by atoms with Crippen LogP contribution in [-0.4, -0.2) is 35.1 Å². The van der Waals surface area contributed by atoms with Crippen LogP contribution in [0.3, 0.4) is 0 Å². The van der Waals surface area contributed by atoms with E-state index in [0.717, 1.165) is 25.1 Å². The van der Waals surface area contributed by atoms with Crippen molar-refractivity contribution in [2.75, 3.05) is 30.5 Å². The van der Waals surface area contributed by atoms with E-state index in [1.54, 1.807) is 0 Å². The second-order valence-corrected chi connectivity index (χ2v) is 5.84. The van der Waals surface area contributed by atoms with Gasteiger partial charge in [0.05, 0.1) is 6.61 Å². The van der Waals surface area contributed by atoms with Crippen molar-refractivity contribution in [3.8, 4) is 5.88 Å². The van der Waals surface area contributed by atoms with Crippen LogP contribution in [-0.2, 0) is 0 Å². The van der Waals surface area contributed by atoms with Gasteiger partial charge in [0.1, 0.15) is 0 Å². The van der Waals surface area contributed by atoms with Crippen LogP contribution in [0.15, 0.2) is 6.07 Å². The summed E-state index contributed by atoms with van der Waals surface area (Å²) < 4.78 is 5.55. The lowest BCUT2D eigenvalue weighted by Crippen LogP contribution is -2.08. The number of aryl methyl sites for hydroxylation is 1. The van der Waals surface area contributed by atoms with Gasteiger partial charge in [-0.2, -0.15) is 16.7 Å². The molecule has 4 nitrogen and oxygen atoms in total. The molecule has 0 atom stereocenters. The Kier molecular flexibility index (Phi) is 9.20. The van der Waals surface area contributed by atoms with Gasteiger partial charge in [-0.1, -0.05) is 19.8 Å². The minimum absolute atomic E-state index is 0.668. The van der Waals surface area contributed by atoms with Crippen molar-refractivity contribution in [2.24, 2.45) is 0 Å². The molecule has 5 heteroatoms. The van der Waals surface area contributed by atoms with E-state index < -0.39 is 0 Å². The lowest BCUT2D eigenvalue weighted by atomic mass is 10.2. The summed E-state index contributed by atoms with van der Waals surface area (Å²) in [6, 6.07) is 1.88. The zero-order chi connectivity index (χ0) is 14.6. The summed E-state index contributed by atoms with van der Waals surface area (Å²) in [5.41, 5.74) is 0.938. The molecule has 1 aromatic rings. The van der Waals surface area contributed by atoms with Gasteiger partial charge in [-0.25, -0.2) is 4.98 Å². The summed E-state index contributed by atoms with van der Waals surface area (Å²) in [6.45, 7) is 5.68. The monoisotopic (exact) mass is 297 g/mol. The van der Waals surface area contributed by atoms with Crippen molar-refractivity contribution in [3.63, 3.8) is 0 Å². The normalized spacial score (nSPS) is 10.6. The lowest BCUT2D eigenvalue weighted by Gasteiger charge is -2.08. The summed E-state index contributed by atoms with van der Waals surface area (Å²) >= 11 is 1.92. The van der Waals surface area contributed by atoms with E-state index in [1.165, 1.54) is 25.0 Å². The molecule has 0 aromatic carbocycles. The first kappa shape index (κ1) is 17.1. The van der Waals surface area contributed by atoms with Crippen molar-refractivity contribution in [3.05, 3.63) is 11.8 Å². The van der Waals surface area contributed by atoms with Crippen LogP contribution >= 0.6 is 11.8 Å². The van der Waals surface area contributed by atoms with E-state index in [9.17, 15) is 0 Å². The smallest absolute Gasteiger partial charge is 0.226 e. The van der Waals surface area contributed by atoms with Crippen LogP contribution in [0.4, 0.5) is 5.95 Å². The van der Waals surface area contributed by atoms with Gasteiger partial charge in [0.15, 0.2) is 0 Å². The summed E-state index contributed by atoms with van der Waals surface area (Å²) in [7, 11) is 0. The van der Waals surface area contributed by atoms with Gasteiger partial charge < -0.3 is 10.1 Å². The summed E-state index contributed by atoms with van der Waals surface area (Å²) in [6.07, 6.45) is 8.20. The van der Waals surface area contributed by atoms with E-state index in [2.05, 4.69) is 28.5 Å². The molecule has 0 aliphatic carbocycles. The molecule has 1 aromatic heterocycles. The molecule has 0 spiro atoms. The number of rotatable bonds is 11. The SMILES string of the molecule is CCCOc1cc(C)nc(NCCCCCCSC)n1. The molecule has 1 N–H and O–H groups in total. The highest BCUT2D eigenvalue weighted by molar-refractivity contribution is 7.98. The third kappa shape index (κ3) is 7.58. The highest BCUT2D eigenvalue weighted by Gasteiger charge is 2.02. The van der Waals surface area contributed by atoms with Gasteiger partial charge in [-0.05, 0) is 38.2 Å². The van der Waals surface area contributed by atoms with Gasteiger partial charge in [-0.15, -0.1) is 0 Å². The maximum Gasteiger partial charge on any atom is 0.226 e. The summed E-state index contributed by atoms with van der Waals surface area (Å²) in [5, 5.41) is 3.29. The molecule has 0 fully saturated rings. The second-order valence-electron chi connectivity index (χ2n) is 4.85. The molecule has 114 valence electrons. The number of ether oxygens (including phenoxy) is 1. The van der Waals surface area contributed by atoms with Crippen LogP contribution in [0.2, 0.25) is 0 Å². The van der Waals surface area contributed by atoms with Crippen molar-refractivity contribution >= 4 is 17.7 Å². The molecular formula is C15H27N3OS. The molecule has 0 unspecified atom stereocenters. The molecule has 20 heavy (non-hydrogen) atoms. The molecule has 1 heterocycles. The second kappa shape index (κ2) is 10.8. The molecular weight excluding hydrogens is 270 g/mol.